The Morgan fingerprint density at radius 3 is 2.24 bits per heavy atom. The van der Waals surface area contributed by atoms with Gasteiger partial charge in [0, 0.05) is 11.1 Å². The van der Waals surface area contributed by atoms with Crippen molar-refractivity contribution in [3.63, 3.8) is 0 Å². The summed E-state index contributed by atoms with van der Waals surface area (Å²) in [6.45, 7) is 3.96. The van der Waals surface area contributed by atoms with Crippen LogP contribution in [-0.4, -0.2) is 25.5 Å². The molecule has 6 nitrogen and oxygen atoms in total. The second-order valence-electron chi connectivity index (χ2n) is 4.88. The first-order valence-electron chi connectivity index (χ1n) is 7.33. The van der Waals surface area contributed by atoms with E-state index < -0.39 is 11.8 Å². The van der Waals surface area contributed by atoms with E-state index in [-0.39, 0.29) is 0 Å². The number of hydrogen-bond acceptors (Lipinski definition) is 4. The molecule has 0 saturated carbocycles. The monoisotopic (exact) mass is 452 g/mol. The fourth-order valence-electron chi connectivity index (χ4n) is 1.92. The summed E-state index contributed by atoms with van der Waals surface area (Å²) in [5.74, 6) is 0.472. The van der Waals surface area contributed by atoms with Crippen LogP contribution >= 0.6 is 22.6 Å². The van der Waals surface area contributed by atoms with Gasteiger partial charge in [-0.3, -0.25) is 20.4 Å². The van der Waals surface area contributed by atoms with Gasteiger partial charge in [-0.1, -0.05) is 12.7 Å². The van der Waals surface area contributed by atoms with Gasteiger partial charge in [0.2, 0.25) is 0 Å². The molecule has 0 spiro atoms. The predicted octanol–water partition coefficient (Wildman–Crippen LogP) is 2.94. The molecular formula is C18H17IN2O4. The zero-order valence-electron chi connectivity index (χ0n) is 13.5. The van der Waals surface area contributed by atoms with E-state index in [4.69, 9.17) is 9.47 Å². The van der Waals surface area contributed by atoms with Crippen molar-refractivity contribution in [3.05, 3.63) is 69.8 Å². The molecular weight excluding hydrogens is 435 g/mol. The molecule has 0 saturated heterocycles. The molecule has 2 N–H and O–H groups in total. The second kappa shape index (κ2) is 9.07. The minimum absolute atomic E-state index is 0.391. The molecule has 2 amide bonds. The SMILES string of the molecule is C=CCOc1ccc(C(=O)NNC(=O)c2ccc(OC)c(I)c2)cc1. The largest absolute Gasteiger partial charge is 0.496 e. The van der Waals surface area contributed by atoms with Crippen LogP contribution in [0.2, 0.25) is 0 Å². The number of carbonyl (C=O) groups excluding carboxylic acids is 2. The van der Waals surface area contributed by atoms with Gasteiger partial charge in [0.15, 0.2) is 0 Å². The molecule has 0 aliphatic rings. The number of hydrogen-bond donors (Lipinski definition) is 2. The molecule has 2 aromatic carbocycles. The number of hydrazine groups is 1. The highest BCUT2D eigenvalue weighted by atomic mass is 127. The maximum absolute atomic E-state index is 12.1. The average molecular weight is 452 g/mol. The highest BCUT2D eigenvalue weighted by molar-refractivity contribution is 14.1. The van der Waals surface area contributed by atoms with Gasteiger partial charge in [0.25, 0.3) is 11.8 Å². The summed E-state index contributed by atoms with van der Waals surface area (Å²) in [4.78, 5) is 24.2. The molecule has 0 aliphatic carbocycles. The topological polar surface area (TPSA) is 76.7 Å². The summed E-state index contributed by atoms with van der Waals surface area (Å²) < 4.78 is 11.3. The Kier molecular flexibility index (Phi) is 6.81. The number of carbonyl (C=O) groups is 2. The van der Waals surface area contributed by atoms with Crippen molar-refractivity contribution in [2.45, 2.75) is 0 Å². The van der Waals surface area contributed by atoms with Gasteiger partial charge < -0.3 is 9.47 Å². The normalized spacial score (nSPS) is 9.84. The maximum Gasteiger partial charge on any atom is 0.269 e. The number of rotatable bonds is 6. The van der Waals surface area contributed by atoms with Crippen LogP contribution in [0.4, 0.5) is 0 Å². The third kappa shape index (κ3) is 5.21. The van der Waals surface area contributed by atoms with Gasteiger partial charge in [-0.25, -0.2) is 0 Å². The van der Waals surface area contributed by atoms with Crippen LogP contribution in [0.1, 0.15) is 20.7 Å². The average Bonchev–Trinajstić information content (AvgIpc) is 2.64. The molecule has 130 valence electrons. The maximum atomic E-state index is 12.1. The fourth-order valence-corrected chi connectivity index (χ4v) is 2.66. The lowest BCUT2D eigenvalue weighted by molar-refractivity contribution is 0.0846. The smallest absolute Gasteiger partial charge is 0.269 e. The number of methoxy groups -OCH3 is 1. The minimum atomic E-state index is -0.424. The molecule has 0 radical (unpaired) electrons. The number of halogens is 1. The molecule has 0 heterocycles. The zero-order chi connectivity index (χ0) is 18.2. The Bertz CT molecular complexity index is 775. The van der Waals surface area contributed by atoms with E-state index in [2.05, 4.69) is 40.0 Å². The third-order valence-electron chi connectivity index (χ3n) is 3.19. The molecule has 0 bridgehead atoms. The van der Waals surface area contributed by atoms with E-state index in [0.29, 0.717) is 29.2 Å². The Hall–Kier alpha value is -2.55. The number of benzene rings is 2. The first-order chi connectivity index (χ1) is 12.0. The van der Waals surface area contributed by atoms with Crippen molar-refractivity contribution >= 4 is 34.4 Å². The van der Waals surface area contributed by atoms with Gasteiger partial charge in [-0.2, -0.15) is 0 Å². The van der Waals surface area contributed by atoms with E-state index in [1.54, 1.807) is 55.7 Å². The number of amides is 2. The van der Waals surface area contributed by atoms with Crippen molar-refractivity contribution < 1.29 is 19.1 Å². The molecule has 0 aromatic heterocycles. The van der Waals surface area contributed by atoms with E-state index >= 15 is 0 Å². The van der Waals surface area contributed by atoms with Crippen LogP contribution in [0, 0.1) is 3.57 Å². The van der Waals surface area contributed by atoms with Gasteiger partial charge in [0.1, 0.15) is 18.1 Å². The minimum Gasteiger partial charge on any atom is -0.496 e. The van der Waals surface area contributed by atoms with E-state index in [0.717, 1.165) is 3.57 Å². The predicted molar refractivity (Wildman–Crippen MR) is 103 cm³/mol. The zero-order valence-corrected chi connectivity index (χ0v) is 15.7. The standard InChI is InChI=1S/C18H17IN2O4/c1-3-10-25-14-7-4-12(5-8-14)17(22)20-21-18(23)13-6-9-16(24-2)15(19)11-13/h3-9,11H,1,10H2,2H3,(H,20,22)(H,21,23). The van der Waals surface area contributed by atoms with E-state index in [1.165, 1.54) is 0 Å². The number of ether oxygens (including phenoxy) is 2. The lowest BCUT2D eigenvalue weighted by atomic mass is 10.2. The van der Waals surface area contributed by atoms with Crippen molar-refractivity contribution in [3.8, 4) is 11.5 Å². The molecule has 0 aliphatic heterocycles. The van der Waals surface area contributed by atoms with Crippen LogP contribution in [0.3, 0.4) is 0 Å². The van der Waals surface area contributed by atoms with Crippen molar-refractivity contribution in [2.24, 2.45) is 0 Å². The molecule has 0 unspecified atom stereocenters. The first-order valence-corrected chi connectivity index (χ1v) is 8.41. The second-order valence-corrected chi connectivity index (χ2v) is 6.04. The van der Waals surface area contributed by atoms with E-state index in [9.17, 15) is 9.59 Å². The van der Waals surface area contributed by atoms with Gasteiger partial charge in [-0.05, 0) is 65.1 Å². The van der Waals surface area contributed by atoms with Crippen LogP contribution in [0.15, 0.2) is 55.1 Å². The molecule has 7 heteroatoms. The summed E-state index contributed by atoms with van der Waals surface area (Å²) in [5.41, 5.74) is 5.58. The van der Waals surface area contributed by atoms with Crippen LogP contribution < -0.4 is 20.3 Å². The first kappa shape index (κ1) is 18.8. The Balaban J connectivity index is 1.93. The molecule has 25 heavy (non-hydrogen) atoms. The van der Waals surface area contributed by atoms with Crippen molar-refractivity contribution in [1.82, 2.24) is 10.9 Å². The fraction of sp³-hybridized carbons (Fsp3) is 0.111. The van der Waals surface area contributed by atoms with Crippen molar-refractivity contribution in [2.75, 3.05) is 13.7 Å². The van der Waals surface area contributed by atoms with Gasteiger partial charge in [-0.15, -0.1) is 0 Å². The van der Waals surface area contributed by atoms with Crippen molar-refractivity contribution in [1.29, 1.82) is 0 Å². The van der Waals surface area contributed by atoms with Crippen LogP contribution in [0.25, 0.3) is 0 Å². The Morgan fingerprint density at radius 1 is 1.08 bits per heavy atom. The lowest BCUT2D eigenvalue weighted by Crippen LogP contribution is -2.41. The Labute approximate surface area is 159 Å². The van der Waals surface area contributed by atoms with Gasteiger partial charge in [0.05, 0.1) is 10.7 Å². The quantitative estimate of drug-likeness (QED) is 0.402. The van der Waals surface area contributed by atoms with E-state index in [1.807, 2.05) is 0 Å². The summed E-state index contributed by atoms with van der Waals surface area (Å²) in [6.07, 6.45) is 1.64. The summed E-state index contributed by atoms with van der Waals surface area (Å²) >= 11 is 2.07. The number of nitrogens with one attached hydrogen (secondary N) is 2. The molecule has 2 aromatic rings. The highest BCUT2D eigenvalue weighted by Crippen LogP contribution is 2.21. The lowest BCUT2D eigenvalue weighted by Gasteiger charge is -2.09. The van der Waals surface area contributed by atoms with Gasteiger partial charge >= 0.3 is 0 Å². The Morgan fingerprint density at radius 2 is 1.68 bits per heavy atom. The van der Waals surface area contributed by atoms with Crippen LogP contribution in [0.5, 0.6) is 11.5 Å². The molecule has 2 rings (SSSR count). The molecule has 0 fully saturated rings. The molecule has 0 atom stereocenters. The summed E-state index contributed by atoms with van der Waals surface area (Å²) in [5, 5.41) is 0. The van der Waals surface area contributed by atoms with Crippen LogP contribution in [-0.2, 0) is 0 Å². The summed E-state index contributed by atoms with van der Waals surface area (Å²) in [6, 6.07) is 11.5. The highest BCUT2D eigenvalue weighted by Gasteiger charge is 2.11. The third-order valence-corrected chi connectivity index (χ3v) is 4.03. The summed E-state index contributed by atoms with van der Waals surface area (Å²) in [7, 11) is 1.56.